The summed E-state index contributed by atoms with van der Waals surface area (Å²) in [5.41, 5.74) is 1.13. The smallest absolute Gasteiger partial charge is 0.272 e. The van der Waals surface area contributed by atoms with Gasteiger partial charge in [-0.15, -0.1) is 0 Å². The van der Waals surface area contributed by atoms with Crippen LogP contribution in [0.4, 0.5) is 0 Å². The molecular weight excluding hydrogens is 304 g/mol. The minimum absolute atomic E-state index is 0.0647. The Kier molecular flexibility index (Phi) is 4.81. The lowest BCUT2D eigenvalue weighted by atomic mass is 10.0. The van der Waals surface area contributed by atoms with Gasteiger partial charge in [-0.3, -0.25) is 9.78 Å². The molecule has 3 rings (SSSR count). The van der Waals surface area contributed by atoms with Gasteiger partial charge < -0.3 is 14.4 Å². The molecule has 1 aromatic carbocycles. The summed E-state index contributed by atoms with van der Waals surface area (Å²) in [5.74, 6) is 0.756. The standard InChI is InChI=1S/C19H22N2O3/c1-15-6-5-7-16(12-15)24-14-19(23-2)9-11-21(13-19)18(22)17-8-3-4-10-20-17/h3-8,10,12H,9,11,13-14H2,1-2H3/t19-/m0/s1. The molecule has 1 fully saturated rings. The van der Waals surface area contributed by atoms with Crippen molar-refractivity contribution >= 4 is 5.91 Å². The third-order valence-electron chi connectivity index (χ3n) is 4.41. The highest BCUT2D eigenvalue weighted by Crippen LogP contribution is 2.27. The Hall–Kier alpha value is -2.40. The van der Waals surface area contributed by atoms with E-state index < -0.39 is 5.60 Å². The van der Waals surface area contributed by atoms with Crippen LogP contribution >= 0.6 is 0 Å². The Labute approximate surface area is 142 Å². The summed E-state index contributed by atoms with van der Waals surface area (Å²) in [6.45, 7) is 3.59. The number of hydrogen-bond donors (Lipinski definition) is 0. The van der Waals surface area contributed by atoms with E-state index in [0.29, 0.717) is 25.4 Å². The molecule has 5 heteroatoms. The summed E-state index contributed by atoms with van der Waals surface area (Å²) in [5, 5.41) is 0. The molecule has 5 nitrogen and oxygen atoms in total. The quantitative estimate of drug-likeness (QED) is 0.848. The number of likely N-dealkylation sites (tertiary alicyclic amines) is 1. The number of benzene rings is 1. The number of rotatable bonds is 5. The summed E-state index contributed by atoms with van der Waals surface area (Å²) < 4.78 is 11.6. The zero-order valence-corrected chi connectivity index (χ0v) is 14.1. The molecule has 0 N–H and O–H groups in total. The molecule has 0 unspecified atom stereocenters. The molecule has 1 aliphatic rings. The van der Waals surface area contributed by atoms with Crippen molar-refractivity contribution in [2.75, 3.05) is 26.8 Å². The first-order chi connectivity index (χ1) is 11.6. The molecule has 1 atom stereocenters. The molecule has 1 amide bonds. The fraction of sp³-hybridized carbons (Fsp3) is 0.368. The van der Waals surface area contributed by atoms with Gasteiger partial charge in [0, 0.05) is 19.9 Å². The van der Waals surface area contributed by atoms with E-state index in [1.54, 1.807) is 30.3 Å². The number of carbonyl (C=O) groups excluding carboxylic acids is 1. The molecular formula is C19H22N2O3. The van der Waals surface area contributed by atoms with E-state index in [-0.39, 0.29) is 5.91 Å². The predicted octanol–water partition coefficient (Wildman–Crippen LogP) is 2.70. The number of pyridine rings is 1. The van der Waals surface area contributed by atoms with Gasteiger partial charge in [-0.2, -0.15) is 0 Å². The monoisotopic (exact) mass is 326 g/mol. The minimum atomic E-state index is -0.478. The van der Waals surface area contributed by atoms with E-state index in [1.165, 1.54) is 0 Å². The topological polar surface area (TPSA) is 51.7 Å². The first-order valence-corrected chi connectivity index (χ1v) is 8.07. The van der Waals surface area contributed by atoms with Crippen molar-refractivity contribution in [1.82, 2.24) is 9.88 Å². The summed E-state index contributed by atoms with van der Waals surface area (Å²) >= 11 is 0. The van der Waals surface area contributed by atoms with Crippen LogP contribution in [0.2, 0.25) is 0 Å². The number of aryl methyl sites for hydroxylation is 1. The predicted molar refractivity (Wildman–Crippen MR) is 91.2 cm³/mol. The average molecular weight is 326 g/mol. The van der Waals surface area contributed by atoms with Gasteiger partial charge in [-0.1, -0.05) is 18.2 Å². The van der Waals surface area contributed by atoms with Gasteiger partial charge in [-0.05, 0) is 43.2 Å². The number of ether oxygens (including phenoxy) is 2. The zero-order valence-electron chi connectivity index (χ0n) is 14.1. The van der Waals surface area contributed by atoms with Crippen LogP contribution in [-0.4, -0.2) is 48.2 Å². The van der Waals surface area contributed by atoms with E-state index >= 15 is 0 Å². The number of hydrogen-bond acceptors (Lipinski definition) is 4. The first kappa shape index (κ1) is 16.5. The Bertz CT molecular complexity index is 705. The van der Waals surface area contributed by atoms with Crippen molar-refractivity contribution in [2.45, 2.75) is 18.9 Å². The molecule has 24 heavy (non-hydrogen) atoms. The van der Waals surface area contributed by atoms with Gasteiger partial charge in [0.1, 0.15) is 23.7 Å². The van der Waals surface area contributed by atoms with Gasteiger partial charge in [0.15, 0.2) is 0 Å². The molecule has 1 aromatic heterocycles. The van der Waals surface area contributed by atoms with Crippen molar-refractivity contribution < 1.29 is 14.3 Å². The fourth-order valence-electron chi connectivity index (χ4n) is 2.93. The molecule has 0 aliphatic carbocycles. The van der Waals surface area contributed by atoms with Crippen molar-refractivity contribution in [3.63, 3.8) is 0 Å². The van der Waals surface area contributed by atoms with Crippen LogP contribution in [0, 0.1) is 6.92 Å². The molecule has 0 radical (unpaired) electrons. The number of carbonyl (C=O) groups is 1. The number of nitrogens with zero attached hydrogens (tertiary/aromatic N) is 2. The van der Waals surface area contributed by atoms with Crippen molar-refractivity contribution in [2.24, 2.45) is 0 Å². The highest BCUT2D eigenvalue weighted by atomic mass is 16.5. The molecule has 2 heterocycles. The largest absolute Gasteiger partial charge is 0.491 e. The first-order valence-electron chi connectivity index (χ1n) is 8.07. The number of amides is 1. The lowest BCUT2D eigenvalue weighted by Crippen LogP contribution is -2.42. The molecule has 2 aromatic rings. The second kappa shape index (κ2) is 7.01. The van der Waals surface area contributed by atoms with E-state index in [2.05, 4.69) is 4.98 Å². The van der Waals surface area contributed by atoms with Crippen LogP contribution < -0.4 is 4.74 Å². The van der Waals surface area contributed by atoms with E-state index in [4.69, 9.17) is 9.47 Å². The van der Waals surface area contributed by atoms with E-state index in [9.17, 15) is 4.79 Å². The lowest BCUT2D eigenvalue weighted by molar-refractivity contribution is -0.0343. The van der Waals surface area contributed by atoms with Gasteiger partial charge in [-0.25, -0.2) is 0 Å². The maximum absolute atomic E-state index is 12.5. The second-order valence-electron chi connectivity index (χ2n) is 6.18. The van der Waals surface area contributed by atoms with E-state index in [0.717, 1.165) is 17.7 Å². The van der Waals surface area contributed by atoms with Crippen LogP contribution in [0.5, 0.6) is 5.75 Å². The maximum Gasteiger partial charge on any atom is 0.272 e. The third-order valence-corrected chi connectivity index (χ3v) is 4.41. The highest BCUT2D eigenvalue weighted by molar-refractivity contribution is 5.92. The lowest BCUT2D eigenvalue weighted by Gasteiger charge is -2.27. The van der Waals surface area contributed by atoms with Gasteiger partial charge in [0.2, 0.25) is 0 Å². The van der Waals surface area contributed by atoms with Crippen molar-refractivity contribution in [3.05, 3.63) is 59.9 Å². The highest BCUT2D eigenvalue weighted by Gasteiger charge is 2.41. The van der Waals surface area contributed by atoms with Crippen LogP contribution in [0.3, 0.4) is 0 Å². The number of methoxy groups -OCH3 is 1. The molecule has 1 aliphatic heterocycles. The zero-order chi connectivity index (χ0) is 17.0. The molecule has 1 saturated heterocycles. The van der Waals surface area contributed by atoms with Gasteiger partial charge in [0.05, 0.1) is 6.54 Å². The van der Waals surface area contributed by atoms with Gasteiger partial charge >= 0.3 is 0 Å². The fourth-order valence-corrected chi connectivity index (χ4v) is 2.93. The van der Waals surface area contributed by atoms with E-state index in [1.807, 2.05) is 37.3 Å². The summed E-state index contributed by atoms with van der Waals surface area (Å²) in [7, 11) is 1.67. The average Bonchev–Trinajstić information content (AvgIpc) is 3.05. The minimum Gasteiger partial charge on any atom is -0.491 e. The Balaban J connectivity index is 1.65. The molecule has 0 bridgehead atoms. The SMILES string of the molecule is CO[C@@]1(COc2cccc(C)c2)CCN(C(=O)c2ccccn2)C1. The van der Waals surface area contributed by atoms with Crippen LogP contribution in [-0.2, 0) is 4.74 Å². The van der Waals surface area contributed by atoms with Crippen LogP contribution in [0.25, 0.3) is 0 Å². The van der Waals surface area contributed by atoms with Crippen LogP contribution in [0.1, 0.15) is 22.5 Å². The summed E-state index contributed by atoms with van der Waals surface area (Å²) in [6, 6.07) is 13.3. The molecule has 0 spiro atoms. The molecule has 0 saturated carbocycles. The summed E-state index contributed by atoms with van der Waals surface area (Å²) in [4.78, 5) is 18.5. The molecule has 126 valence electrons. The Morgan fingerprint density at radius 2 is 2.17 bits per heavy atom. The third kappa shape index (κ3) is 3.57. The number of aromatic nitrogens is 1. The second-order valence-corrected chi connectivity index (χ2v) is 6.18. The van der Waals surface area contributed by atoms with Crippen molar-refractivity contribution in [1.29, 1.82) is 0 Å². The maximum atomic E-state index is 12.5. The normalized spacial score (nSPS) is 20.2. The van der Waals surface area contributed by atoms with Crippen molar-refractivity contribution in [3.8, 4) is 5.75 Å². The Morgan fingerprint density at radius 1 is 1.29 bits per heavy atom. The summed E-state index contributed by atoms with van der Waals surface area (Å²) in [6.07, 6.45) is 2.38. The van der Waals surface area contributed by atoms with Crippen LogP contribution in [0.15, 0.2) is 48.7 Å². The Morgan fingerprint density at radius 3 is 2.88 bits per heavy atom. The van der Waals surface area contributed by atoms with Gasteiger partial charge in [0.25, 0.3) is 5.91 Å².